The molecule has 2 atom stereocenters. The van der Waals surface area contributed by atoms with E-state index >= 15 is 0 Å². The van der Waals surface area contributed by atoms with Crippen molar-refractivity contribution in [3.05, 3.63) is 23.3 Å². The van der Waals surface area contributed by atoms with Crippen LogP contribution in [0.3, 0.4) is 0 Å². The second-order valence-corrected chi connectivity index (χ2v) is 5.22. The highest BCUT2D eigenvalue weighted by Crippen LogP contribution is 2.25. The predicted molar refractivity (Wildman–Crippen MR) is 76.1 cm³/mol. The Bertz CT molecular complexity index is 408. The van der Waals surface area contributed by atoms with Crippen molar-refractivity contribution in [1.29, 1.82) is 0 Å². The standard InChI is InChI=1S/C15H25N3O/c1-4-14(19-5-2)15-17-10-12-8-11(9-16-3)6-7-13(12)18-15/h10-11,14,16H,4-9H2,1-3H3. The van der Waals surface area contributed by atoms with Crippen LogP contribution in [-0.2, 0) is 17.6 Å². The molecule has 19 heavy (non-hydrogen) atoms. The van der Waals surface area contributed by atoms with E-state index in [2.05, 4.69) is 17.2 Å². The van der Waals surface area contributed by atoms with Crippen molar-refractivity contribution in [2.75, 3.05) is 20.2 Å². The number of rotatable bonds is 6. The van der Waals surface area contributed by atoms with E-state index < -0.39 is 0 Å². The van der Waals surface area contributed by atoms with Crippen molar-refractivity contribution in [3.63, 3.8) is 0 Å². The summed E-state index contributed by atoms with van der Waals surface area (Å²) in [5.41, 5.74) is 2.55. The Morgan fingerprint density at radius 3 is 3.00 bits per heavy atom. The number of aromatic nitrogens is 2. The van der Waals surface area contributed by atoms with Gasteiger partial charge in [0.25, 0.3) is 0 Å². The zero-order valence-electron chi connectivity index (χ0n) is 12.3. The minimum absolute atomic E-state index is 0.0466. The SMILES string of the molecule is CCOC(CC)c1ncc2c(n1)CCC(CNC)C2. The molecule has 0 radical (unpaired) electrons. The van der Waals surface area contributed by atoms with Gasteiger partial charge in [-0.3, -0.25) is 0 Å². The summed E-state index contributed by atoms with van der Waals surface area (Å²) in [4.78, 5) is 9.26. The number of fused-ring (bicyclic) bond motifs is 1. The quantitative estimate of drug-likeness (QED) is 0.855. The fourth-order valence-electron chi connectivity index (χ4n) is 2.79. The molecule has 1 aromatic heterocycles. The Labute approximate surface area is 116 Å². The summed E-state index contributed by atoms with van der Waals surface area (Å²) in [5, 5.41) is 3.26. The van der Waals surface area contributed by atoms with Gasteiger partial charge in [-0.1, -0.05) is 6.92 Å². The lowest BCUT2D eigenvalue weighted by Gasteiger charge is -2.24. The molecule has 0 fully saturated rings. The summed E-state index contributed by atoms with van der Waals surface area (Å²) in [7, 11) is 2.02. The molecular weight excluding hydrogens is 238 g/mol. The molecule has 4 heteroatoms. The summed E-state index contributed by atoms with van der Waals surface area (Å²) in [6.07, 6.45) is 6.37. The Hall–Kier alpha value is -1.00. The molecule has 0 aromatic carbocycles. The molecule has 4 nitrogen and oxygen atoms in total. The molecule has 1 aliphatic rings. The van der Waals surface area contributed by atoms with Crippen molar-refractivity contribution >= 4 is 0 Å². The van der Waals surface area contributed by atoms with Gasteiger partial charge in [0.05, 0.1) is 0 Å². The summed E-state index contributed by atoms with van der Waals surface area (Å²) in [6, 6.07) is 0. The van der Waals surface area contributed by atoms with E-state index in [1.54, 1.807) is 0 Å². The molecule has 0 saturated carbocycles. The summed E-state index contributed by atoms with van der Waals surface area (Å²) >= 11 is 0. The van der Waals surface area contributed by atoms with Crippen LogP contribution >= 0.6 is 0 Å². The summed E-state index contributed by atoms with van der Waals surface area (Å²) in [5.74, 6) is 1.58. The lowest BCUT2D eigenvalue weighted by Crippen LogP contribution is -2.26. The second kappa shape index (κ2) is 6.96. The molecular formula is C15H25N3O. The van der Waals surface area contributed by atoms with Crippen molar-refractivity contribution in [1.82, 2.24) is 15.3 Å². The minimum Gasteiger partial charge on any atom is -0.371 e. The topological polar surface area (TPSA) is 47.0 Å². The third-order valence-corrected chi connectivity index (χ3v) is 3.79. The second-order valence-electron chi connectivity index (χ2n) is 5.22. The van der Waals surface area contributed by atoms with Gasteiger partial charge in [0.15, 0.2) is 5.82 Å². The van der Waals surface area contributed by atoms with Crippen LogP contribution in [-0.4, -0.2) is 30.2 Å². The predicted octanol–water partition coefficient (Wildman–Crippen LogP) is 2.29. The molecule has 0 saturated heterocycles. The van der Waals surface area contributed by atoms with Crippen LogP contribution in [0.4, 0.5) is 0 Å². The van der Waals surface area contributed by atoms with Gasteiger partial charge in [0.1, 0.15) is 6.10 Å². The van der Waals surface area contributed by atoms with Crippen LogP contribution in [0.15, 0.2) is 6.20 Å². The Kier molecular flexibility index (Phi) is 5.28. The maximum absolute atomic E-state index is 5.69. The van der Waals surface area contributed by atoms with Crippen molar-refractivity contribution in [3.8, 4) is 0 Å². The zero-order valence-corrected chi connectivity index (χ0v) is 12.3. The molecule has 0 bridgehead atoms. The van der Waals surface area contributed by atoms with Gasteiger partial charge in [-0.05, 0) is 57.7 Å². The summed E-state index contributed by atoms with van der Waals surface area (Å²) in [6.45, 7) is 5.93. The number of nitrogens with one attached hydrogen (secondary N) is 1. The largest absolute Gasteiger partial charge is 0.371 e. The monoisotopic (exact) mass is 263 g/mol. The molecule has 2 unspecified atom stereocenters. The van der Waals surface area contributed by atoms with Gasteiger partial charge in [-0.15, -0.1) is 0 Å². The maximum Gasteiger partial charge on any atom is 0.157 e. The molecule has 0 spiro atoms. The number of aryl methyl sites for hydroxylation is 1. The maximum atomic E-state index is 5.69. The first kappa shape index (κ1) is 14.4. The van der Waals surface area contributed by atoms with Crippen LogP contribution in [0, 0.1) is 5.92 Å². The molecule has 1 N–H and O–H groups in total. The van der Waals surface area contributed by atoms with E-state index in [-0.39, 0.29) is 6.10 Å². The molecule has 0 aliphatic heterocycles. The highest BCUT2D eigenvalue weighted by molar-refractivity contribution is 5.22. The molecule has 1 heterocycles. The van der Waals surface area contributed by atoms with Crippen molar-refractivity contribution < 1.29 is 4.74 Å². The summed E-state index contributed by atoms with van der Waals surface area (Å²) < 4.78 is 5.69. The average molecular weight is 263 g/mol. The number of hydrogen-bond donors (Lipinski definition) is 1. The van der Waals surface area contributed by atoms with Gasteiger partial charge in [-0.25, -0.2) is 9.97 Å². The van der Waals surface area contributed by atoms with E-state index in [4.69, 9.17) is 9.72 Å². The zero-order chi connectivity index (χ0) is 13.7. The third-order valence-electron chi connectivity index (χ3n) is 3.79. The van der Waals surface area contributed by atoms with Crippen molar-refractivity contribution in [2.24, 2.45) is 5.92 Å². The first-order valence-electron chi connectivity index (χ1n) is 7.39. The first-order chi connectivity index (χ1) is 9.28. The highest BCUT2D eigenvalue weighted by Gasteiger charge is 2.21. The Balaban J connectivity index is 2.12. The van der Waals surface area contributed by atoms with Gasteiger partial charge in [-0.2, -0.15) is 0 Å². The molecule has 106 valence electrons. The van der Waals surface area contributed by atoms with Crippen LogP contribution in [0.1, 0.15) is 49.9 Å². The van der Waals surface area contributed by atoms with E-state index in [1.165, 1.54) is 17.7 Å². The van der Waals surface area contributed by atoms with Gasteiger partial charge in [0.2, 0.25) is 0 Å². The van der Waals surface area contributed by atoms with Crippen LogP contribution in [0.2, 0.25) is 0 Å². The Morgan fingerprint density at radius 1 is 1.47 bits per heavy atom. The minimum atomic E-state index is 0.0466. The highest BCUT2D eigenvalue weighted by atomic mass is 16.5. The molecule has 0 amide bonds. The molecule has 2 rings (SSSR count). The van der Waals surface area contributed by atoms with Crippen LogP contribution in [0.25, 0.3) is 0 Å². The van der Waals surface area contributed by atoms with Gasteiger partial charge < -0.3 is 10.1 Å². The fourth-order valence-corrected chi connectivity index (χ4v) is 2.79. The van der Waals surface area contributed by atoms with Crippen molar-refractivity contribution in [2.45, 2.75) is 45.6 Å². The normalized spacial score (nSPS) is 20.1. The van der Waals surface area contributed by atoms with Gasteiger partial charge >= 0.3 is 0 Å². The van der Waals surface area contributed by atoms with Gasteiger partial charge in [0, 0.05) is 18.5 Å². The number of ether oxygens (including phenoxy) is 1. The first-order valence-corrected chi connectivity index (χ1v) is 7.39. The van der Waals surface area contributed by atoms with Crippen LogP contribution < -0.4 is 5.32 Å². The lowest BCUT2D eigenvalue weighted by atomic mass is 9.87. The fraction of sp³-hybridized carbons (Fsp3) is 0.733. The Morgan fingerprint density at radius 2 is 2.32 bits per heavy atom. The van der Waals surface area contributed by atoms with E-state index in [1.807, 2.05) is 20.2 Å². The lowest BCUT2D eigenvalue weighted by molar-refractivity contribution is 0.0532. The molecule has 1 aromatic rings. The van der Waals surface area contributed by atoms with E-state index in [0.717, 1.165) is 37.5 Å². The molecule has 1 aliphatic carbocycles. The average Bonchev–Trinajstić information content (AvgIpc) is 2.44. The number of nitrogens with zero attached hydrogens (tertiary/aromatic N) is 2. The van der Waals surface area contributed by atoms with E-state index in [9.17, 15) is 0 Å². The third kappa shape index (κ3) is 3.51. The van der Waals surface area contributed by atoms with E-state index in [0.29, 0.717) is 6.61 Å². The number of hydrogen-bond acceptors (Lipinski definition) is 4. The van der Waals surface area contributed by atoms with Crippen LogP contribution in [0.5, 0.6) is 0 Å². The smallest absolute Gasteiger partial charge is 0.157 e.